The first-order valence-electron chi connectivity index (χ1n) is 9.55. The zero-order valence-electron chi connectivity index (χ0n) is 16.5. The van der Waals surface area contributed by atoms with Crippen molar-refractivity contribution in [1.29, 1.82) is 0 Å². The van der Waals surface area contributed by atoms with Gasteiger partial charge in [0.2, 0.25) is 5.95 Å². The van der Waals surface area contributed by atoms with Crippen LogP contribution in [0, 0.1) is 5.92 Å². The molecule has 1 fully saturated rings. The zero-order valence-corrected chi connectivity index (χ0v) is 16.5. The van der Waals surface area contributed by atoms with Crippen LogP contribution in [0.3, 0.4) is 0 Å². The minimum atomic E-state index is -0.700. The molecule has 9 nitrogen and oxygen atoms in total. The molecule has 1 aliphatic carbocycles. The van der Waals surface area contributed by atoms with Gasteiger partial charge in [-0.2, -0.15) is 5.10 Å². The van der Waals surface area contributed by atoms with E-state index in [1.54, 1.807) is 17.1 Å². The van der Waals surface area contributed by atoms with Crippen LogP contribution in [0.2, 0.25) is 0 Å². The normalized spacial score (nSPS) is 18.9. The lowest BCUT2D eigenvalue weighted by molar-refractivity contribution is 0.0542. The van der Waals surface area contributed by atoms with E-state index < -0.39 is 5.60 Å². The molecule has 4 heterocycles. The van der Waals surface area contributed by atoms with Crippen molar-refractivity contribution in [3.05, 3.63) is 48.7 Å². The van der Waals surface area contributed by atoms with Crippen molar-refractivity contribution in [2.75, 3.05) is 5.32 Å². The highest BCUT2D eigenvalue weighted by Crippen LogP contribution is 2.52. The van der Waals surface area contributed by atoms with Gasteiger partial charge in [0, 0.05) is 37.0 Å². The van der Waals surface area contributed by atoms with Crippen molar-refractivity contribution in [3.63, 3.8) is 0 Å². The molecule has 2 N–H and O–H groups in total. The van der Waals surface area contributed by atoms with Crippen LogP contribution < -0.4 is 5.32 Å². The lowest BCUT2D eigenvalue weighted by Gasteiger charge is -2.16. The number of nitrogens with one attached hydrogen (secondary N) is 1. The van der Waals surface area contributed by atoms with E-state index in [0.29, 0.717) is 5.95 Å². The SMILES string of the molecule is Cn1nccc1Nc1nccc(-c2ccn3c(C4CC4C(C)(C)O)nnc3c2)n1. The molecule has 29 heavy (non-hydrogen) atoms. The van der Waals surface area contributed by atoms with E-state index in [0.717, 1.165) is 35.0 Å². The Morgan fingerprint density at radius 2 is 2.03 bits per heavy atom. The molecule has 0 amide bonds. The molecule has 2 atom stereocenters. The highest BCUT2D eigenvalue weighted by molar-refractivity contribution is 5.65. The Kier molecular flexibility index (Phi) is 3.88. The van der Waals surface area contributed by atoms with Gasteiger partial charge in [-0.05, 0) is 44.4 Å². The second kappa shape index (κ2) is 6.35. The Morgan fingerprint density at radius 1 is 1.17 bits per heavy atom. The summed E-state index contributed by atoms with van der Waals surface area (Å²) in [6, 6.07) is 7.69. The first-order valence-corrected chi connectivity index (χ1v) is 9.55. The van der Waals surface area contributed by atoms with Gasteiger partial charge in [-0.25, -0.2) is 9.97 Å². The number of hydrogen-bond acceptors (Lipinski definition) is 7. The Hall–Kier alpha value is -3.33. The van der Waals surface area contributed by atoms with Gasteiger partial charge >= 0.3 is 0 Å². The maximum Gasteiger partial charge on any atom is 0.228 e. The Labute approximate surface area is 167 Å². The van der Waals surface area contributed by atoms with Gasteiger partial charge in [0.1, 0.15) is 11.6 Å². The fourth-order valence-electron chi connectivity index (χ4n) is 3.77. The van der Waals surface area contributed by atoms with Crippen molar-refractivity contribution in [2.24, 2.45) is 13.0 Å². The van der Waals surface area contributed by atoms with Crippen molar-refractivity contribution in [2.45, 2.75) is 31.8 Å². The van der Waals surface area contributed by atoms with Crippen LogP contribution in [0.1, 0.15) is 32.0 Å². The van der Waals surface area contributed by atoms with E-state index >= 15 is 0 Å². The summed E-state index contributed by atoms with van der Waals surface area (Å²) in [5.41, 5.74) is 1.78. The summed E-state index contributed by atoms with van der Waals surface area (Å²) in [5.74, 6) is 2.67. The molecular weight excluding hydrogens is 368 g/mol. The molecule has 4 aromatic heterocycles. The number of aromatic nitrogens is 7. The Bertz CT molecular complexity index is 1190. The molecule has 0 aromatic carbocycles. The maximum absolute atomic E-state index is 10.2. The van der Waals surface area contributed by atoms with E-state index in [9.17, 15) is 5.11 Å². The van der Waals surface area contributed by atoms with Crippen molar-refractivity contribution in [1.82, 2.24) is 34.3 Å². The molecule has 148 valence electrons. The summed E-state index contributed by atoms with van der Waals surface area (Å²) in [5, 5.41) is 26.3. The van der Waals surface area contributed by atoms with E-state index in [-0.39, 0.29) is 11.8 Å². The van der Waals surface area contributed by atoms with Gasteiger partial charge in [0.15, 0.2) is 5.65 Å². The third-order valence-electron chi connectivity index (χ3n) is 5.48. The van der Waals surface area contributed by atoms with Crippen molar-refractivity contribution < 1.29 is 5.11 Å². The molecule has 4 aromatic rings. The van der Waals surface area contributed by atoms with Crippen molar-refractivity contribution in [3.8, 4) is 11.3 Å². The van der Waals surface area contributed by atoms with E-state index in [4.69, 9.17) is 0 Å². The van der Waals surface area contributed by atoms with E-state index in [2.05, 4.69) is 30.6 Å². The van der Waals surface area contributed by atoms with Crippen LogP contribution >= 0.6 is 0 Å². The molecule has 1 saturated carbocycles. The number of aliphatic hydroxyl groups is 1. The van der Waals surface area contributed by atoms with Crippen molar-refractivity contribution >= 4 is 17.4 Å². The first kappa shape index (κ1) is 17.7. The molecule has 0 aliphatic heterocycles. The lowest BCUT2D eigenvalue weighted by Crippen LogP contribution is -2.22. The molecule has 0 spiro atoms. The molecule has 0 saturated heterocycles. The number of anilines is 2. The average Bonchev–Trinajstić information content (AvgIpc) is 3.25. The van der Waals surface area contributed by atoms with E-state index in [1.165, 1.54) is 0 Å². The average molecular weight is 390 g/mol. The third kappa shape index (κ3) is 3.23. The van der Waals surface area contributed by atoms with Crippen LogP contribution in [-0.4, -0.2) is 45.1 Å². The highest BCUT2D eigenvalue weighted by atomic mass is 16.3. The summed E-state index contributed by atoms with van der Waals surface area (Å²) < 4.78 is 3.72. The Morgan fingerprint density at radius 3 is 2.76 bits per heavy atom. The molecule has 0 radical (unpaired) electrons. The van der Waals surface area contributed by atoms with Gasteiger partial charge in [-0.3, -0.25) is 9.08 Å². The topological polar surface area (TPSA) is 106 Å². The number of hydrogen-bond donors (Lipinski definition) is 2. The largest absolute Gasteiger partial charge is 0.390 e. The smallest absolute Gasteiger partial charge is 0.228 e. The highest BCUT2D eigenvalue weighted by Gasteiger charge is 2.49. The van der Waals surface area contributed by atoms with Crippen LogP contribution in [0.25, 0.3) is 16.9 Å². The van der Waals surface area contributed by atoms with Crippen LogP contribution in [0.5, 0.6) is 0 Å². The molecule has 5 rings (SSSR count). The quantitative estimate of drug-likeness (QED) is 0.539. The molecule has 2 unspecified atom stereocenters. The summed E-state index contributed by atoms with van der Waals surface area (Å²) in [6.45, 7) is 3.70. The second-order valence-corrected chi connectivity index (χ2v) is 8.03. The van der Waals surface area contributed by atoms with Crippen LogP contribution in [-0.2, 0) is 7.05 Å². The summed E-state index contributed by atoms with van der Waals surface area (Å²) >= 11 is 0. The van der Waals surface area contributed by atoms with Gasteiger partial charge in [0.25, 0.3) is 0 Å². The molecule has 0 bridgehead atoms. The maximum atomic E-state index is 10.2. The zero-order chi connectivity index (χ0) is 20.2. The second-order valence-electron chi connectivity index (χ2n) is 8.03. The minimum Gasteiger partial charge on any atom is -0.390 e. The summed E-state index contributed by atoms with van der Waals surface area (Å²) in [6.07, 6.45) is 6.33. The fourth-order valence-corrected chi connectivity index (χ4v) is 3.77. The molecule has 9 heteroatoms. The van der Waals surface area contributed by atoms with Gasteiger partial charge in [-0.15, -0.1) is 10.2 Å². The van der Waals surface area contributed by atoms with Gasteiger partial charge in [0.05, 0.1) is 17.5 Å². The number of fused-ring (bicyclic) bond motifs is 1. The Balaban J connectivity index is 1.43. The van der Waals surface area contributed by atoms with Gasteiger partial charge in [-0.1, -0.05) is 0 Å². The van der Waals surface area contributed by atoms with E-state index in [1.807, 2.05) is 55.8 Å². The number of rotatable bonds is 5. The lowest BCUT2D eigenvalue weighted by atomic mass is 10.0. The summed E-state index contributed by atoms with van der Waals surface area (Å²) in [4.78, 5) is 8.90. The number of pyridine rings is 1. The number of nitrogens with zero attached hydrogens (tertiary/aromatic N) is 7. The monoisotopic (exact) mass is 390 g/mol. The van der Waals surface area contributed by atoms with Gasteiger partial charge < -0.3 is 10.4 Å². The fraction of sp³-hybridized carbons (Fsp3) is 0.350. The number of aryl methyl sites for hydroxylation is 1. The first-order chi connectivity index (χ1) is 13.9. The molecular formula is C20H22N8O. The van der Waals surface area contributed by atoms with Crippen LogP contribution in [0.15, 0.2) is 42.9 Å². The standard InChI is InChI=1S/C20H22N8O/c1-20(2,29)14-11-13(14)18-26-25-17-10-12(6-9-28(17)18)15-4-7-21-19(23-15)24-16-5-8-22-27(16)3/h4-10,13-14,29H,11H2,1-3H3,(H,21,23,24). The minimum absolute atomic E-state index is 0.220. The predicted octanol–water partition coefficient (Wildman–Crippen LogP) is 2.54. The molecule has 1 aliphatic rings. The summed E-state index contributed by atoms with van der Waals surface area (Å²) in [7, 11) is 1.85. The predicted molar refractivity (Wildman–Crippen MR) is 108 cm³/mol. The van der Waals surface area contributed by atoms with Crippen LogP contribution in [0.4, 0.5) is 11.8 Å². The third-order valence-corrected chi connectivity index (χ3v) is 5.48.